The number of ether oxygens (including phenoxy) is 1. The van der Waals surface area contributed by atoms with E-state index in [1.807, 2.05) is 19.9 Å². The second kappa shape index (κ2) is 9.09. The predicted molar refractivity (Wildman–Crippen MR) is 109 cm³/mol. The van der Waals surface area contributed by atoms with Gasteiger partial charge in [-0.3, -0.25) is 9.59 Å². The quantitative estimate of drug-likeness (QED) is 0.540. The third-order valence-corrected chi connectivity index (χ3v) is 5.84. The molecule has 160 valence electrons. The highest BCUT2D eigenvalue weighted by Gasteiger charge is 2.52. The van der Waals surface area contributed by atoms with E-state index in [4.69, 9.17) is 4.74 Å². The number of ketones is 1. The van der Waals surface area contributed by atoms with Crippen LogP contribution in [0.1, 0.15) is 26.0 Å². The Kier molecular flexibility index (Phi) is 6.72. The van der Waals surface area contributed by atoms with Gasteiger partial charge in [-0.2, -0.15) is 10.4 Å². The van der Waals surface area contributed by atoms with Crippen LogP contribution in [-0.4, -0.2) is 66.8 Å². The summed E-state index contributed by atoms with van der Waals surface area (Å²) in [6.07, 6.45) is -0.493. The molecule has 0 saturated carbocycles. The second-order valence-corrected chi connectivity index (χ2v) is 8.29. The van der Waals surface area contributed by atoms with Crippen LogP contribution in [0.4, 0.5) is 5.82 Å². The van der Waals surface area contributed by atoms with Crippen molar-refractivity contribution in [3.63, 3.8) is 0 Å². The van der Waals surface area contributed by atoms with E-state index in [1.165, 1.54) is 22.6 Å². The number of amides is 1. The van der Waals surface area contributed by atoms with Gasteiger partial charge in [0.2, 0.25) is 11.5 Å². The normalized spacial score (nSPS) is 23.6. The highest BCUT2D eigenvalue weighted by Crippen LogP contribution is 2.40. The summed E-state index contributed by atoms with van der Waals surface area (Å²) in [6, 6.07) is 5.19. The van der Waals surface area contributed by atoms with E-state index >= 15 is 0 Å². The van der Waals surface area contributed by atoms with Crippen LogP contribution in [-0.2, 0) is 19.9 Å². The fourth-order valence-corrected chi connectivity index (χ4v) is 4.09. The topological polar surface area (TPSA) is 150 Å². The predicted octanol–water partition coefficient (Wildman–Crippen LogP) is 0.487. The van der Waals surface area contributed by atoms with E-state index in [9.17, 15) is 25.1 Å². The molecule has 1 aliphatic rings. The summed E-state index contributed by atoms with van der Waals surface area (Å²) in [5, 5.41) is 36.4. The summed E-state index contributed by atoms with van der Waals surface area (Å²) in [5.41, 5.74) is -0.997. The van der Waals surface area contributed by atoms with Gasteiger partial charge < -0.3 is 20.3 Å². The standard InChI is InChI=1S/C19H23N5O5S/c1-11(2)14(26)7-30-8-17(28)23-18-13-3-4-15(24(13)22-10-21-18)19(9-20)16(27)5-12(6-25)29-19/h3-4,10-12,16,25,27H,5-8H2,1-2H3,(H,21,22,23,28)/t12?,16-,19+/m1/s1. The van der Waals surface area contributed by atoms with Crippen molar-refractivity contribution >= 4 is 34.8 Å². The average Bonchev–Trinajstić information content (AvgIpc) is 3.29. The molecule has 1 amide bonds. The van der Waals surface area contributed by atoms with Gasteiger partial charge in [-0.25, -0.2) is 9.50 Å². The highest BCUT2D eigenvalue weighted by molar-refractivity contribution is 8.00. The molecule has 2 aromatic rings. The Hall–Kier alpha value is -2.52. The number of carbonyl (C=O) groups excluding carboxylic acids is 2. The Labute approximate surface area is 177 Å². The Morgan fingerprint density at radius 2 is 2.23 bits per heavy atom. The van der Waals surface area contributed by atoms with Crippen molar-refractivity contribution in [3.8, 4) is 6.07 Å². The second-order valence-electron chi connectivity index (χ2n) is 7.31. The van der Waals surface area contributed by atoms with Crippen LogP contribution in [0.3, 0.4) is 0 Å². The number of Topliss-reactive ketones (excluding diaryl/α,β-unsaturated/α-hetero) is 1. The maximum absolute atomic E-state index is 12.3. The molecule has 0 radical (unpaired) electrons. The van der Waals surface area contributed by atoms with Crippen molar-refractivity contribution < 1.29 is 24.5 Å². The molecule has 0 aromatic carbocycles. The molecule has 3 heterocycles. The lowest BCUT2D eigenvalue weighted by atomic mass is 9.94. The summed E-state index contributed by atoms with van der Waals surface area (Å²) in [4.78, 5) is 28.0. The first-order chi connectivity index (χ1) is 14.3. The fourth-order valence-electron chi connectivity index (χ4n) is 3.20. The minimum atomic E-state index is -1.69. The van der Waals surface area contributed by atoms with Crippen molar-refractivity contribution in [1.29, 1.82) is 5.26 Å². The molecule has 3 rings (SSSR count). The molecular weight excluding hydrogens is 410 g/mol. The summed E-state index contributed by atoms with van der Waals surface area (Å²) in [7, 11) is 0. The lowest BCUT2D eigenvalue weighted by Crippen LogP contribution is -2.36. The number of hydrogen-bond acceptors (Lipinski definition) is 9. The van der Waals surface area contributed by atoms with Crippen LogP contribution in [0.5, 0.6) is 0 Å². The molecule has 2 aromatic heterocycles. The molecule has 0 bridgehead atoms. The molecular formula is C19H23N5O5S. The van der Waals surface area contributed by atoms with Crippen LogP contribution in [0.2, 0.25) is 0 Å². The number of hydrogen-bond donors (Lipinski definition) is 3. The molecule has 3 atom stereocenters. The van der Waals surface area contributed by atoms with Gasteiger partial charge in [0.25, 0.3) is 0 Å². The number of thioether (sulfide) groups is 1. The van der Waals surface area contributed by atoms with E-state index in [-0.39, 0.29) is 53.7 Å². The number of aromatic nitrogens is 3. The van der Waals surface area contributed by atoms with Crippen LogP contribution in [0.15, 0.2) is 18.5 Å². The van der Waals surface area contributed by atoms with Crippen molar-refractivity contribution in [3.05, 3.63) is 24.2 Å². The number of rotatable bonds is 8. The number of fused-ring (bicyclic) bond motifs is 1. The van der Waals surface area contributed by atoms with E-state index in [1.54, 1.807) is 12.1 Å². The van der Waals surface area contributed by atoms with Gasteiger partial charge >= 0.3 is 0 Å². The number of nitrogens with zero attached hydrogens (tertiary/aromatic N) is 4. The third kappa shape index (κ3) is 4.17. The van der Waals surface area contributed by atoms with E-state index in [0.717, 1.165) is 0 Å². The first-order valence-corrected chi connectivity index (χ1v) is 10.6. The zero-order valence-corrected chi connectivity index (χ0v) is 17.4. The number of nitriles is 1. The Bertz CT molecular complexity index is 987. The third-order valence-electron chi connectivity index (χ3n) is 4.89. The number of aliphatic hydroxyl groups excluding tert-OH is 2. The SMILES string of the molecule is CC(C)C(=O)CSCC(=O)Nc1ncnn2c([C@]3(C#N)OC(CO)C[C@H]3O)ccc12. The zero-order valence-electron chi connectivity index (χ0n) is 16.6. The maximum atomic E-state index is 12.3. The number of anilines is 1. The van der Waals surface area contributed by atoms with E-state index in [2.05, 4.69) is 15.4 Å². The molecule has 1 saturated heterocycles. The van der Waals surface area contributed by atoms with Crippen molar-refractivity contribution in [2.75, 3.05) is 23.4 Å². The molecule has 1 fully saturated rings. The van der Waals surface area contributed by atoms with Crippen LogP contribution < -0.4 is 5.32 Å². The first kappa shape index (κ1) is 22.2. The van der Waals surface area contributed by atoms with Crippen molar-refractivity contribution in [2.45, 2.75) is 38.1 Å². The smallest absolute Gasteiger partial charge is 0.235 e. The fraction of sp³-hybridized carbons (Fsp3) is 0.526. The largest absolute Gasteiger partial charge is 0.394 e. The van der Waals surface area contributed by atoms with Gasteiger partial charge in [0.15, 0.2) is 5.82 Å². The summed E-state index contributed by atoms with van der Waals surface area (Å²) in [6.45, 7) is 3.30. The van der Waals surface area contributed by atoms with Gasteiger partial charge in [0.05, 0.1) is 29.9 Å². The molecule has 1 aliphatic heterocycles. The van der Waals surface area contributed by atoms with Crippen LogP contribution in [0.25, 0.3) is 5.52 Å². The number of carbonyl (C=O) groups is 2. The Morgan fingerprint density at radius 1 is 1.47 bits per heavy atom. The molecule has 0 spiro atoms. The summed E-state index contributed by atoms with van der Waals surface area (Å²) < 4.78 is 7.04. The van der Waals surface area contributed by atoms with Gasteiger partial charge in [-0.05, 0) is 12.1 Å². The van der Waals surface area contributed by atoms with Crippen LogP contribution in [0, 0.1) is 17.2 Å². The van der Waals surface area contributed by atoms with Crippen molar-refractivity contribution in [2.24, 2.45) is 5.92 Å². The lowest BCUT2D eigenvalue weighted by molar-refractivity contribution is -0.119. The van der Waals surface area contributed by atoms with E-state index in [0.29, 0.717) is 5.52 Å². The molecule has 30 heavy (non-hydrogen) atoms. The Morgan fingerprint density at radius 3 is 2.87 bits per heavy atom. The van der Waals surface area contributed by atoms with Crippen molar-refractivity contribution in [1.82, 2.24) is 14.6 Å². The number of aliphatic hydroxyl groups is 2. The summed E-state index contributed by atoms with van der Waals surface area (Å²) in [5.74, 6) is 0.248. The molecule has 3 N–H and O–H groups in total. The molecule has 10 nitrogen and oxygen atoms in total. The lowest BCUT2D eigenvalue weighted by Gasteiger charge is -2.24. The minimum Gasteiger partial charge on any atom is -0.394 e. The van der Waals surface area contributed by atoms with Gasteiger partial charge in [-0.15, -0.1) is 11.8 Å². The minimum absolute atomic E-state index is 0.0755. The van der Waals surface area contributed by atoms with Gasteiger partial charge in [-0.1, -0.05) is 13.8 Å². The molecule has 0 aliphatic carbocycles. The molecule has 1 unspecified atom stereocenters. The number of nitrogens with one attached hydrogen (secondary N) is 1. The zero-order chi connectivity index (χ0) is 21.9. The van der Waals surface area contributed by atoms with Gasteiger partial charge in [0, 0.05) is 12.3 Å². The van der Waals surface area contributed by atoms with Crippen LogP contribution >= 0.6 is 11.8 Å². The summed E-state index contributed by atoms with van der Waals surface area (Å²) >= 11 is 1.22. The van der Waals surface area contributed by atoms with Gasteiger partial charge in [0.1, 0.15) is 29.8 Å². The molecule has 11 heteroatoms. The average molecular weight is 433 g/mol. The van der Waals surface area contributed by atoms with E-state index < -0.39 is 17.8 Å². The monoisotopic (exact) mass is 433 g/mol. The highest BCUT2D eigenvalue weighted by atomic mass is 32.2. The Balaban J connectivity index is 1.80. The first-order valence-electron chi connectivity index (χ1n) is 9.44. The maximum Gasteiger partial charge on any atom is 0.235 e.